The van der Waals surface area contributed by atoms with E-state index in [2.05, 4.69) is 0 Å². The van der Waals surface area contributed by atoms with Crippen LogP contribution in [0.4, 0.5) is 18.9 Å². The normalized spacial score (nSPS) is 26.2. The molecule has 0 saturated carbocycles. The lowest BCUT2D eigenvalue weighted by atomic mass is 9.70. The molecule has 1 saturated heterocycles. The molecule has 2 rings (SSSR count). The largest absolute Gasteiger partial charge is 0.395 e. The minimum absolute atomic E-state index is 0.174. The van der Waals surface area contributed by atoms with Crippen LogP contribution in [-0.2, 0) is 4.79 Å². The molecule has 2 atom stereocenters. The summed E-state index contributed by atoms with van der Waals surface area (Å²) < 4.78 is 39.9. The maximum Gasteiger partial charge on any atom is 0.395 e. The van der Waals surface area contributed by atoms with Gasteiger partial charge in [-0.3, -0.25) is 4.79 Å². The molecule has 1 amide bonds. The highest BCUT2D eigenvalue weighted by Crippen LogP contribution is 2.46. The number of carbonyl (C=O) groups is 1. The highest BCUT2D eigenvalue weighted by atomic mass is 19.4. The fourth-order valence-corrected chi connectivity index (χ4v) is 2.69. The second kappa shape index (κ2) is 5.28. The number of para-hydroxylation sites is 1. The Bertz CT molecular complexity index is 567. The molecular weight excluding hydrogens is 283 g/mol. The number of carbonyl (C=O) groups excluding carboxylic acids is 1. The van der Waals surface area contributed by atoms with Crippen LogP contribution in [0.3, 0.4) is 0 Å². The van der Waals surface area contributed by atoms with Crippen molar-refractivity contribution in [2.24, 2.45) is 17.1 Å². The van der Waals surface area contributed by atoms with E-state index >= 15 is 0 Å². The number of alkyl halides is 3. The molecule has 0 aromatic heterocycles. The molecule has 7 heteroatoms. The van der Waals surface area contributed by atoms with Crippen molar-refractivity contribution in [1.82, 2.24) is 0 Å². The van der Waals surface area contributed by atoms with Gasteiger partial charge < -0.3 is 10.6 Å². The smallest absolute Gasteiger partial charge is 0.371 e. The Kier molecular flexibility index (Phi) is 3.81. The van der Waals surface area contributed by atoms with Gasteiger partial charge in [0.25, 0.3) is 0 Å². The zero-order valence-electron chi connectivity index (χ0n) is 11.1. The predicted molar refractivity (Wildman–Crippen MR) is 70.1 cm³/mol. The van der Waals surface area contributed by atoms with Gasteiger partial charge in [0.1, 0.15) is 0 Å². The fraction of sp³-hybridized carbons (Fsp3) is 0.429. The maximum atomic E-state index is 13.3. The number of amides is 1. The van der Waals surface area contributed by atoms with Crippen LogP contribution in [0.1, 0.15) is 6.42 Å². The number of rotatable bonds is 2. The van der Waals surface area contributed by atoms with Crippen molar-refractivity contribution in [3.63, 3.8) is 0 Å². The molecular formula is C14H14F3N3O. The van der Waals surface area contributed by atoms with Crippen LogP contribution in [0.25, 0.3) is 0 Å². The van der Waals surface area contributed by atoms with Crippen LogP contribution in [-0.4, -0.2) is 25.2 Å². The van der Waals surface area contributed by atoms with Crippen LogP contribution in [0.15, 0.2) is 30.3 Å². The molecule has 2 unspecified atom stereocenters. The molecule has 0 spiro atoms. The van der Waals surface area contributed by atoms with Crippen molar-refractivity contribution in [2.75, 3.05) is 18.0 Å². The summed E-state index contributed by atoms with van der Waals surface area (Å²) in [5.74, 6) is -3.30. The first-order valence-corrected chi connectivity index (χ1v) is 6.39. The van der Waals surface area contributed by atoms with Gasteiger partial charge in [-0.1, -0.05) is 18.2 Å². The number of nitrogens with zero attached hydrogens (tertiary/aromatic N) is 2. The SMILES string of the molecule is N#CC1(C(N)=O)CCN(c2ccccc2)CC1C(F)(F)F. The van der Waals surface area contributed by atoms with Crippen molar-refractivity contribution in [1.29, 1.82) is 5.26 Å². The molecule has 1 aliphatic heterocycles. The van der Waals surface area contributed by atoms with Gasteiger partial charge in [0.05, 0.1) is 12.0 Å². The summed E-state index contributed by atoms with van der Waals surface area (Å²) in [6.07, 6.45) is -4.91. The number of piperidine rings is 1. The monoisotopic (exact) mass is 297 g/mol. The average Bonchev–Trinajstić information content (AvgIpc) is 2.46. The second-order valence-electron chi connectivity index (χ2n) is 5.07. The van der Waals surface area contributed by atoms with E-state index in [0.29, 0.717) is 5.69 Å². The maximum absolute atomic E-state index is 13.3. The van der Waals surface area contributed by atoms with Gasteiger partial charge in [-0.05, 0) is 18.6 Å². The van der Waals surface area contributed by atoms with E-state index in [0.717, 1.165) is 0 Å². The van der Waals surface area contributed by atoms with Gasteiger partial charge in [-0.15, -0.1) is 0 Å². The summed E-state index contributed by atoms with van der Waals surface area (Å²) in [6.45, 7) is -0.281. The van der Waals surface area contributed by atoms with E-state index in [9.17, 15) is 18.0 Å². The lowest BCUT2D eigenvalue weighted by Gasteiger charge is -2.43. The number of halogens is 3. The van der Waals surface area contributed by atoms with Gasteiger partial charge in [0.15, 0.2) is 5.41 Å². The summed E-state index contributed by atoms with van der Waals surface area (Å²) in [6, 6.07) is 10.1. The molecule has 0 aliphatic carbocycles. The van der Waals surface area contributed by atoms with Crippen LogP contribution >= 0.6 is 0 Å². The van der Waals surface area contributed by atoms with Gasteiger partial charge >= 0.3 is 6.18 Å². The van der Waals surface area contributed by atoms with E-state index < -0.39 is 30.0 Å². The lowest BCUT2D eigenvalue weighted by Crippen LogP contribution is -2.57. The Morgan fingerprint density at radius 2 is 2.00 bits per heavy atom. The Morgan fingerprint density at radius 1 is 1.38 bits per heavy atom. The van der Waals surface area contributed by atoms with Crippen molar-refractivity contribution in [2.45, 2.75) is 12.6 Å². The predicted octanol–water partition coefficient (Wildman–Crippen LogP) is 2.07. The first-order valence-electron chi connectivity index (χ1n) is 6.39. The Balaban J connectivity index is 2.37. The van der Waals surface area contributed by atoms with Gasteiger partial charge in [0, 0.05) is 18.8 Å². The van der Waals surface area contributed by atoms with E-state index in [1.54, 1.807) is 30.3 Å². The minimum atomic E-state index is -4.67. The van der Waals surface area contributed by atoms with E-state index in [1.807, 2.05) is 0 Å². The van der Waals surface area contributed by atoms with Crippen molar-refractivity contribution < 1.29 is 18.0 Å². The molecule has 21 heavy (non-hydrogen) atoms. The minimum Gasteiger partial charge on any atom is -0.371 e. The topological polar surface area (TPSA) is 70.1 Å². The van der Waals surface area contributed by atoms with E-state index in [1.165, 1.54) is 11.0 Å². The van der Waals surface area contributed by atoms with Gasteiger partial charge in [0.2, 0.25) is 5.91 Å². The third-order valence-corrected chi connectivity index (χ3v) is 3.93. The fourth-order valence-electron chi connectivity index (χ4n) is 2.69. The number of primary amides is 1. The van der Waals surface area contributed by atoms with Crippen molar-refractivity contribution in [3.8, 4) is 6.07 Å². The number of hydrogen-bond donors (Lipinski definition) is 1. The summed E-state index contributed by atoms with van der Waals surface area (Å²) in [4.78, 5) is 13.0. The third kappa shape index (κ3) is 2.66. The number of nitriles is 1. The van der Waals surface area contributed by atoms with E-state index in [-0.39, 0.29) is 13.0 Å². The van der Waals surface area contributed by atoms with Crippen molar-refractivity contribution in [3.05, 3.63) is 30.3 Å². The average molecular weight is 297 g/mol. The lowest BCUT2D eigenvalue weighted by molar-refractivity contribution is -0.201. The Labute approximate surface area is 119 Å². The Morgan fingerprint density at radius 3 is 2.48 bits per heavy atom. The number of benzene rings is 1. The summed E-state index contributed by atoms with van der Waals surface area (Å²) in [7, 11) is 0. The first-order chi connectivity index (χ1) is 9.81. The number of hydrogen-bond acceptors (Lipinski definition) is 3. The molecule has 1 fully saturated rings. The molecule has 1 aromatic rings. The van der Waals surface area contributed by atoms with Crippen LogP contribution in [0.2, 0.25) is 0 Å². The van der Waals surface area contributed by atoms with Gasteiger partial charge in [-0.2, -0.15) is 18.4 Å². The summed E-state index contributed by atoms with van der Waals surface area (Å²) >= 11 is 0. The first kappa shape index (κ1) is 15.2. The van der Waals surface area contributed by atoms with Gasteiger partial charge in [-0.25, -0.2) is 0 Å². The third-order valence-electron chi connectivity index (χ3n) is 3.93. The molecule has 1 aliphatic rings. The summed E-state index contributed by atoms with van der Waals surface area (Å²) in [5, 5.41) is 9.13. The van der Waals surface area contributed by atoms with Crippen molar-refractivity contribution >= 4 is 11.6 Å². The highest BCUT2D eigenvalue weighted by Gasteiger charge is 2.59. The molecule has 1 heterocycles. The highest BCUT2D eigenvalue weighted by molar-refractivity contribution is 5.84. The van der Waals surface area contributed by atoms with Crippen LogP contribution < -0.4 is 10.6 Å². The molecule has 4 nitrogen and oxygen atoms in total. The second-order valence-corrected chi connectivity index (χ2v) is 5.07. The van der Waals surface area contributed by atoms with Crippen LogP contribution in [0.5, 0.6) is 0 Å². The standard InChI is InChI=1S/C14H14F3N3O/c15-14(16,17)11-8-20(10-4-2-1-3-5-10)7-6-13(11,9-18)12(19)21/h1-5,11H,6-8H2,(H2,19,21). The Hall–Kier alpha value is -2.23. The zero-order chi connectivity index (χ0) is 15.7. The summed E-state index contributed by atoms with van der Waals surface area (Å²) in [5.41, 5.74) is 3.54. The number of nitrogens with two attached hydrogens (primary N) is 1. The number of anilines is 1. The van der Waals surface area contributed by atoms with Crippen LogP contribution in [0, 0.1) is 22.7 Å². The van der Waals surface area contributed by atoms with E-state index in [4.69, 9.17) is 11.0 Å². The zero-order valence-corrected chi connectivity index (χ0v) is 11.1. The quantitative estimate of drug-likeness (QED) is 0.908. The molecule has 0 bridgehead atoms. The molecule has 112 valence electrons. The molecule has 2 N–H and O–H groups in total. The molecule has 0 radical (unpaired) electrons. The molecule has 1 aromatic carbocycles.